The summed E-state index contributed by atoms with van der Waals surface area (Å²) in [7, 11) is 0. The third-order valence-corrected chi connectivity index (χ3v) is 5.76. The van der Waals surface area contributed by atoms with Gasteiger partial charge in [0.15, 0.2) is 0 Å². The molecular weight excluding hydrogens is 308 g/mol. The lowest BCUT2D eigenvalue weighted by molar-refractivity contribution is -0.123. The third-order valence-electron chi connectivity index (χ3n) is 5.76. The molecule has 0 radical (unpaired) electrons. The molecule has 1 aliphatic carbocycles. The SMILES string of the molecule is CC(C)CC(N)Cc1ccc2c(c1)CCCN2C(=O)C1CCCCC1. The number of aryl methyl sites for hydroxylation is 1. The summed E-state index contributed by atoms with van der Waals surface area (Å²) in [5.41, 5.74) is 10.1. The molecule has 25 heavy (non-hydrogen) atoms. The maximum absolute atomic E-state index is 13.0. The van der Waals surface area contributed by atoms with Gasteiger partial charge in [0, 0.05) is 24.2 Å². The number of hydrogen-bond acceptors (Lipinski definition) is 2. The Labute approximate surface area is 153 Å². The Morgan fingerprint density at radius 2 is 1.96 bits per heavy atom. The van der Waals surface area contributed by atoms with Gasteiger partial charge in [-0.25, -0.2) is 0 Å². The number of nitrogens with zero attached hydrogens (tertiary/aromatic N) is 1. The van der Waals surface area contributed by atoms with Crippen LogP contribution in [0.25, 0.3) is 0 Å². The van der Waals surface area contributed by atoms with Gasteiger partial charge in [-0.15, -0.1) is 0 Å². The summed E-state index contributed by atoms with van der Waals surface area (Å²) in [5, 5.41) is 0. The molecule has 3 rings (SSSR count). The van der Waals surface area contributed by atoms with Crippen LogP contribution in [0.15, 0.2) is 18.2 Å². The molecule has 2 N–H and O–H groups in total. The van der Waals surface area contributed by atoms with Crippen molar-refractivity contribution in [2.24, 2.45) is 17.6 Å². The van der Waals surface area contributed by atoms with Crippen molar-refractivity contribution in [1.82, 2.24) is 0 Å². The van der Waals surface area contributed by atoms with Crippen molar-refractivity contribution in [2.75, 3.05) is 11.4 Å². The zero-order valence-electron chi connectivity index (χ0n) is 16.0. The first-order valence-electron chi connectivity index (χ1n) is 10.2. The normalized spacial score (nSPS) is 19.8. The van der Waals surface area contributed by atoms with Gasteiger partial charge in [0.1, 0.15) is 0 Å². The van der Waals surface area contributed by atoms with Crippen LogP contribution in [0.2, 0.25) is 0 Å². The molecule has 3 nitrogen and oxygen atoms in total. The average Bonchev–Trinajstić information content (AvgIpc) is 2.60. The highest BCUT2D eigenvalue weighted by Gasteiger charge is 2.29. The second-order valence-corrected chi connectivity index (χ2v) is 8.49. The van der Waals surface area contributed by atoms with Crippen LogP contribution in [-0.4, -0.2) is 18.5 Å². The van der Waals surface area contributed by atoms with Gasteiger partial charge < -0.3 is 10.6 Å². The van der Waals surface area contributed by atoms with Crippen LogP contribution >= 0.6 is 0 Å². The molecule has 0 aromatic heterocycles. The van der Waals surface area contributed by atoms with Gasteiger partial charge in [0.25, 0.3) is 0 Å². The minimum absolute atomic E-state index is 0.224. The zero-order valence-corrected chi connectivity index (χ0v) is 16.0. The van der Waals surface area contributed by atoms with E-state index in [2.05, 4.69) is 36.9 Å². The van der Waals surface area contributed by atoms with Crippen LogP contribution in [-0.2, 0) is 17.6 Å². The van der Waals surface area contributed by atoms with E-state index in [4.69, 9.17) is 5.73 Å². The summed E-state index contributed by atoms with van der Waals surface area (Å²) in [6.07, 6.45) is 10.0. The number of anilines is 1. The molecule has 0 spiro atoms. The lowest BCUT2D eigenvalue weighted by Gasteiger charge is -2.34. The molecule has 1 unspecified atom stereocenters. The molecule has 0 bridgehead atoms. The molecule has 1 aromatic carbocycles. The molecule has 0 saturated heterocycles. The summed E-state index contributed by atoms with van der Waals surface area (Å²) >= 11 is 0. The molecule has 1 amide bonds. The van der Waals surface area contributed by atoms with E-state index in [0.29, 0.717) is 11.8 Å². The number of carbonyl (C=O) groups excluding carboxylic acids is 1. The molecule has 1 aliphatic heterocycles. The maximum Gasteiger partial charge on any atom is 0.230 e. The lowest BCUT2D eigenvalue weighted by atomic mass is 9.87. The van der Waals surface area contributed by atoms with E-state index in [1.54, 1.807) is 0 Å². The van der Waals surface area contributed by atoms with Crippen molar-refractivity contribution in [2.45, 2.75) is 77.7 Å². The minimum atomic E-state index is 0.224. The zero-order chi connectivity index (χ0) is 17.8. The lowest BCUT2D eigenvalue weighted by Crippen LogP contribution is -2.40. The standard InChI is InChI=1S/C22H34N2O/c1-16(2)13-20(23)15-17-10-11-21-19(14-17)9-6-12-24(21)22(25)18-7-4-3-5-8-18/h10-11,14,16,18,20H,3-9,12-13,15,23H2,1-2H3. The highest BCUT2D eigenvalue weighted by atomic mass is 16.2. The topological polar surface area (TPSA) is 46.3 Å². The molecule has 1 saturated carbocycles. The van der Waals surface area contributed by atoms with E-state index in [1.165, 1.54) is 30.4 Å². The van der Waals surface area contributed by atoms with Crippen LogP contribution in [0.4, 0.5) is 5.69 Å². The summed E-state index contributed by atoms with van der Waals surface area (Å²) < 4.78 is 0. The van der Waals surface area contributed by atoms with Crippen LogP contribution in [0.5, 0.6) is 0 Å². The quantitative estimate of drug-likeness (QED) is 0.858. The van der Waals surface area contributed by atoms with Gasteiger partial charge >= 0.3 is 0 Å². The smallest absolute Gasteiger partial charge is 0.230 e. The first kappa shape index (κ1) is 18.4. The first-order chi connectivity index (χ1) is 12.0. The van der Waals surface area contributed by atoms with Crippen molar-refractivity contribution in [3.05, 3.63) is 29.3 Å². The summed E-state index contributed by atoms with van der Waals surface area (Å²) in [6.45, 7) is 5.33. The predicted molar refractivity (Wildman–Crippen MR) is 105 cm³/mol. The number of benzene rings is 1. The molecule has 2 aliphatic rings. The number of amides is 1. The molecule has 1 atom stereocenters. The second kappa shape index (κ2) is 8.35. The van der Waals surface area contributed by atoms with Crippen LogP contribution in [0.1, 0.15) is 69.9 Å². The van der Waals surface area contributed by atoms with Crippen LogP contribution in [0, 0.1) is 11.8 Å². The minimum Gasteiger partial charge on any atom is -0.327 e. The Hall–Kier alpha value is -1.35. The Bertz CT molecular complexity index is 590. The van der Waals surface area contributed by atoms with E-state index in [9.17, 15) is 4.79 Å². The molecular formula is C22H34N2O. The highest BCUT2D eigenvalue weighted by molar-refractivity contribution is 5.96. The first-order valence-corrected chi connectivity index (χ1v) is 10.2. The average molecular weight is 343 g/mol. The van der Waals surface area contributed by atoms with Crippen molar-refractivity contribution in [3.63, 3.8) is 0 Å². The van der Waals surface area contributed by atoms with Gasteiger partial charge in [0.05, 0.1) is 0 Å². The Kier molecular flexibility index (Phi) is 6.16. The molecule has 1 heterocycles. The summed E-state index contributed by atoms with van der Waals surface area (Å²) in [5.74, 6) is 1.25. The fourth-order valence-electron chi connectivity index (χ4n) is 4.57. The van der Waals surface area contributed by atoms with Crippen LogP contribution in [0.3, 0.4) is 0 Å². The fraction of sp³-hybridized carbons (Fsp3) is 0.682. The van der Waals surface area contributed by atoms with Gasteiger partial charge in [0.2, 0.25) is 5.91 Å². The number of carbonyl (C=O) groups is 1. The summed E-state index contributed by atoms with van der Waals surface area (Å²) in [4.78, 5) is 15.1. The molecule has 1 fully saturated rings. The van der Waals surface area contributed by atoms with E-state index in [0.717, 1.165) is 50.8 Å². The van der Waals surface area contributed by atoms with Crippen molar-refractivity contribution < 1.29 is 4.79 Å². The fourth-order valence-corrected chi connectivity index (χ4v) is 4.57. The Morgan fingerprint density at radius 1 is 1.20 bits per heavy atom. The number of fused-ring (bicyclic) bond motifs is 1. The van der Waals surface area contributed by atoms with Gasteiger partial charge in [-0.05, 0) is 61.6 Å². The highest BCUT2D eigenvalue weighted by Crippen LogP contribution is 2.33. The third kappa shape index (κ3) is 4.63. The largest absolute Gasteiger partial charge is 0.327 e. The summed E-state index contributed by atoms with van der Waals surface area (Å²) in [6, 6.07) is 6.88. The maximum atomic E-state index is 13.0. The van der Waals surface area contributed by atoms with E-state index < -0.39 is 0 Å². The second-order valence-electron chi connectivity index (χ2n) is 8.49. The Morgan fingerprint density at radius 3 is 2.68 bits per heavy atom. The number of hydrogen-bond donors (Lipinski definition) is 1. The number of nitrogens with two attached hydrogens (primary N) is 1. The Balaban J connectivity index is 1.72. The van der Waals surface area contributed by atoms with E-state index in [1.807, 2.05) is 0 Å². The predicted octanol–water partition coefficient (Wildman–Crippen LogP) is 4.46. The molecule has 3 heteroatoms. The number of rotatable bonds is 5. The van der Waals surface area contributed by atoms with Crippen molar-refractivity contribution >= 4 is 11.6 Å². The monoisotopic (exact) mass is 342 g/mol. The van der Waals surface area contributed by atoms with E-state index in [-0.39, 0.29) is 12.0 Å². The van der Waals surface area contributed by atoms with Gasteiger partial charge in [-0.1, -0.05) is 45.2 Å². The van der Waals surface area contributed by atoms with Crippen molar-refractivity contribution in [3.8, 4) is 0 Å². The molecule has 1 aromatic rings. The van der Waals surface area contributed by atoms with Gasteiger partial charge in [-0.2, -0.15) is 0 Å². The molecule has 138 valence electrons. The van der Waals surface area contributed by atoms with Crippen molar-refractivity contribution in [1.29, 1.82) is 0 Å². The van der Waals surface area contributed by atoms with E-state index >= 15 is 0 Å². The van der Waals surface area contributed by atoms with Gasteiger partial charge in [-0.3, -0.25) is 4.79 Å². The van der Waals surface area contributed by atoms with Crippen LogP contribution < -0.4 is 10.6 Å².